The molecule has 2 saturated heterocycles. The van der Waals surface area contributed by atoms with Crippen LogP contribution in [-0.2, 0) is 33.2 Å². The van der Waals surface area contributed by atoms with E-state index in [2.05, 4.69) is 62.5 Å². The number of carbonyl (C=O) groups excluding carboxylic acids is 1. The summed E-state index contributed by atoms with van der Waals surface area (Å²) in [5, 5.41) is 71.4. The van der Waals surface area contributed by atoms with Crippen molar-refractivity contribution in [3.63, 3.8) is 0 Å². The Hall–Kier alpha value is -2.05. The predicted molar refractivity (Wildman–Crippen MR) is 196 cm³/mol. The molecular weight excluding hydrogens is 692 g/mol. The first-order valence-electron chi connectivity index (χ1n) is 19.2. The first-order chi connectivity index (χ1) is 25.6. The molecule has 2 aliphatic heterocycles. The highest BCUT2D eigenvalue weighted by molar-refractivity contribution is 5.69. The van der Waals surface area contributed by atoms with Gasteiger partial charge in [0.2, 0.25) is 0 Å². The summed E-state index contributed by atoms with van der Waals surface area (Å²) in [4.78, 5) is 12.7. The molecule has 0 spiro atoms. The standard InChI is InChI=1S/C39H66O14/c1-3-5-7-9-10-11-12-13-14-15-16-17-19-21-23-48-25-28(51-31(41)22-20-18-8-6-4-2)26-49-38-37(47)35(45)33(43)30(53-38)27-50-39-36(46)34(44)32(42)29(24-40)52-39/h5,7,10-11,13-14,16-17,28-30,32-40,42-47H,3-4,6,8-9,12,15,18-27H2,1-2H3/b7-5-,11-10-,14-13-,17-16-. The largest absolute Gasteiger partial charge is 0.457 e. The van der Waals surface area contributed by atoms with E-state index < -0.39 is 86.7 Å². The molecule has 0 saturated carbocycles. The summed E-state index contributed by atoms with van der Waals surface area (Å²) >= 11 is 0. The summed E-state index contributed by atoms with van der Waals surface area (Å²) in [6.07, 6.45) is 11.2. The highest BCUT2D eigenvalue weighted by atomic mass is 16.7. The van der Waals surface area contributed by atoms with Crippen LogP contribution in [0.1, 0.15) is 90.9 Å². The van der Waals surface area contributed by atoms with E-state index in [1.807, 2.05) is 0 Å². The minimum atomic E-state index is -1.71. The van der Waals surface area contributed by atoms with Crippen molar-refractivity contribution in [2.75, 3.05) is 33.0 Å². The lowest BCUT2D eigenvalue weighted by atomic mass is 9.98. The van der Waals surface area contributed by atoms with E-state index in [0.717, 1.165) is 64.2 Å². The maximum Gasteiger partial charge on any atom is 0.306 e. The average Bonchev–Trinajstić information content (AvgIpc) is 3.15. The third kappa shape index (κ3) is 18.4. The van der Waals surface area contributed by atoms with Crippen molar-refractivity contribution in [3.8, 4) is 0 Å². The fourth-order valence-electron chi connectivity index (χ4n) is 5.64. The lowest BCUT2D eigenvalue weighted by Gasteiger charge is -2.42. The van der Waals surface area contributed by atoms with Gasteiger partial charge in [-0.2, -0.15) is 0 Å². The molecule has 2 aliphatic rings. The number of unbranched alkanes of at least 4 members (excludes halogenated alkanes) is 5. The smallest absolute Gasteiger partial charge is 0.306 e. The molecule has 0 aromatic rings. The van der Waals surface area contributed by atoms with Crippen LogP contribution in [0.4, 0.5) is 0 Å². The van der Waals surface area contributed by atoms with Crippen LogP contribution in [0.5, 0.6) is 0 Å². The molecular formula is C39H66O14. The van der Waals surface area contributed by atoms with Gasteiger partial charge < -0.3 is 64.2 Å². The molecule has 0 bridgehead atoms. The minimum Gasteiger partial charge on any atom is -0.457 e. The zero-order chi connectivity index (χ0) is 38.8. The van der Waals surface area contributed by atoms with Crippen LogP contribution in [0.2, 0.25) is 0 Å². The van der Waals surface area contributed by atoms with Crippen molar-refractivity contribution in [2.45, 2.75) is 158 Å². The van der Waals surface area contributed by atoms with Gasteiger partial charge in [-0.3, -0.25) is 4.79 Å². The monoisotopic (exact) mass is 758 g/mol. The van der Waals surface area contributed by atoms with Gasteiger partial charge >= 0.3 is 5.97 Å². The molecule has 0 amide bonds. The van der Waals surface area contributed by atoms with Crippen LogP contribution in [0.3, 0.4) is 0 Å². The second-order valence-corrected chi connectivity index (χ2v) is 13.4. The highest BCUT2D eigenvalue weighted by Gasteiger charge is 2.47. The molecule has 14 nitrogen and oxygen atoms in total. The molecule has 306 valence electrons. The van der Waals surface area contributed by atoms with Crippen molar-refractivity contribution >= 4 is 5.97 Å². The number of rotatable bonds is 27. The summed E-state index contributed by atoms with van der Waals surface area (Å²) in [6.45, 7) is 3.27. The number of hydrogen-bond donors (Lipinski definition) is 7. The van der Waals surface area contributed by atoms with Crippen molar-refractivity contribution in [3.05, 3.63) is 48.6 Å². The highest BCUT2D eigenvalue weighted by Crippen LogP contribution is 2.26. The van der Waals surface area contributed by atoms with Crippen molar-refractivity contribution < 1.29 is 69.0 Å². The third-order valence-corrected chi connectivity index (χ3v) is 8.85. The van der Waals surface area contributed by atoms with E-state index in [1.54, 1.807) is 0 Å². The number of esters is 1. The zero-order valence-corrected chi connectivity index (χ0v) is 31.5. The number of hydrogen-bond acceptors (Lipinski definition) is 14. The Labute approximate surface area is 314 Å². The minimum absolute atomic E-state index is 0.0213. The Balaban J connectivity index is 1.86. The number of carbonyl (C=O) groups is 1. The number of aliphatic hydroxyl groups is 7. The molecule has 0 aliphatic carbocycles. The van der Waals surface area contributed by atoms with Crippen LogP contribution in [-0.4, -0.2) is 142 Å². The Kier molecular flexibility index (Phi) is 25.2. The van der Waals surface area contributed by atoms with Crippen LogP contribution >= 0.6 is 0 Å². The molecule has 0 aromatic heterocycles. The summed E-state index contributed by atoms with van der Waals surface area (Å²) in [5.74, 6) is -0.412. The molecule has 7 N–H and O–H groups in total. The Morgan fingerprint density at radius 3 is 1.83 bits per heavy atom. The van der Waals surface area contributed by atoms with Gasteiger partial charge in [-0.15, -0.1) is 0 Å². The summed E-state index contributed by atoms with van der Waals surface area (Å²) in [5.41, 5.74) is 0. The van der Waals surface area contributed by atoms with Crippen LogP contribution in [0.15, 0.2) is 48.6 Å². The number of allylic oxidation sites excluding steroid dienone is 8. The topological polar surface area (TPSA) is 214 Å². The van der Waals surface area contributed by atoms with Gasteiger partial charge in [-0.25, -0.2) is 0 Å². The molecule has 53 heavy (non-hydrogen) atoms. The maximum atomic E-state index is 12.7. The summed E-state index contributed by atoms with van der Waals surface area (Å²) in [7, 11) is 0. The first kappa shape index (κ1) is 47.1. The number of ether oxygens (including phenoxy) is 6. The lowest BCUT2D eigenvalue weighted by Crippen LogP contribution is -2.61. The number of aliphatic hydroxyl groups excluding tert-OH is 7. The van der Waals surface area contributed by atoms with Crippen molar-refractivity contribution in [2.24, 2.45) is 0 Å². The average molecular weight is 759 g/mol. The van der Waals surface area contributed by atoms with E-state index in [1.165, 1.54) is 0 Å². The van der Waals surface area contributed by atoms with Gasteiger partial charge in [0.25, 0.3) is 0 Å². The van der Waals surface area contributed by atoms with Crippen LogP contribution in [0, 0.1) is 0 Å². The van der Waals surface area contributed by atoms with Gasteiger partial charge in [0.15, 0.2) is 12.6 Å². The molecule has 2 fully saturated rings. The lowest BCUT2D eigenvalue weighted by molar-refractivity contribution is -0.332. The second kappa shape index (κ2) is 28.4. The molecule has 2 heterocycles. The molecule has 11 unspecified atom stereocenters. The summed E-state index contributed by atoms with van der Waals surface area (Å²) in [6, 6.07) is 0. The molecule has 0 radical (unpaired) electrons. The molecule has 11 atom stereocenters. The summed E-state index contributed by atoms with van der Waals surface area (Å²) < 4.78 is 33.7. The maximum absolute atomic E-state index is 12.7. The fourth-order valence-corrected chi connectivity index (χ4v) is 5.64. The Morgan fingerprint density at radius 1 is 0.642 bits per heavy atom. The van der Waals surface area contributed by atoms with Gasteiger partial charge in [0.05, 0.1) is 26.4 Å². The van der Waals surface area contributed by atoms with Crippen molar-refractivity contribution in [1.29, 1.82) is 0 Å². The molecule has 2 rings (SSSR count). The SMILES string of the molecule is CC/C=C\C/C=C\C/C=C\C/C=C\CCCOCC(COC1OC(COC2OC(CO)C(O)C(O)C2O)C(O)C(O)C1O)OC(=O)CCCCCCC. The van der Waals surface area contributed by atoms with Gasteiger partial charge in [0, 0.05) is 13.0 Å². The van der Waals surface area contributed by atoms with E-state index in [-0.39, 0.29) is 19.6 Å². The quantitative estimate of drug-likeness (QED) is 0.0365. The van der Waals surface area contributed by atoms with E-state index in [0.29, 0.717) is 13.0 Å². The normalized spacial score (nSPS) is 30.3. The van der Waals surface area contributed by atoms with Crippen LogP contribution < -0.4 is 0 Å². The second-order valence-electron chi connectivity index (χ2n) is 13.4. The van der Waals surface area contributed by atoms with Gasteiger partial charge in [-0.05, 0) is 44.9 Å². The van der Waals surface area contributed by atoms with E-state index in [9.17, 15) is 40.5 Å². The Bertz CT molecular complexity index is 1060. The third-order valence-electron chi connectivity index (χ3n) is 8.85. The van der Waals surface area contributed by atoms with Crippen molar-refractivity contribution in [1.82, 2.24) is 0 Å². The van der Waals surface area contributed by atoms with E-state index >= 15 is 0 Å². The molecule has 0 aromatic carbocycles. The van der Waals surface area contributed by atoms with E-state index in [4.69, 9.17) is 28.4 Å². The predicted octanol–water partition coefficient (Wildman–Crippen LogP) is 2.50. The fraction of sp³-hybridized carbons (Fsp3) is 0.769. The Morgan fingerprint density at radius 2 is 1.21 bits per heavy atom. The van der Waals surface area contributed by atoms with Gasteiger partial charge in [0.1, 0.15) is 54.9 Å². The first-order valence-corrected chi connectivity index (χ1v) is 19.2. The van der Waals surface area contributed by atoms with Gasteiger partial charge in [-0.1, -0.05) is 88.1 Å². The molecule has 14 heteroatoms. The van der Waals surface area contributed by atoms with Crippen LogP contribution in [0.25, 0.3) is 0 Å². The zero-order valence-electron chi connectivity index (χ0n) is 31.5.